The SMILES string of the molecule is CC[C@@]12CC[C@@H](c3ccc(-c4c(C)c[nH]c4C)cc3Cl)[C@H](c3ccc(Cl)cc3)[C@@H]1[C@@H](C)NC2=O.CC[C@@]12CC[C@@H](c3ccc(-c4c(C)coc4C)cc3Cl)[C@H](c3ccc(Cl)cc3)[C@@H]1[C@@H](C)NC2=O.CC[C@@]12CC[C@@H](c3ccc(-c4ccc[nH]4)cc3Cl)[C@H](c3ccc(Cl)cc3)[C@@H]1[C@@H](C)NC2=O. The highest BCUT2D eigenvalue weighted by atomic mass is 35.5. The lowest BCUT2D eigenvalue weighted by Gasteiger charge is -2.47. The second kappa shape index (κ2) is 28.9. The Bertz CT molecular complexity index is 4260. The second-order valence-electron chi connectivity index (χ2n) is 29.7. The molecule has 15 heteroatoms. The Morgan fingerprint density at radius 1 is 0.440 bits per heavy atom. The Labute approximate surface area is 620 Å². The van der Waals surface area contributed by atoms with Crippen LogP contribution < -0.4 is 16.0 Å². The average Bonchev–Trinajstić information content (AvgIpc) is 1.31. The zero-order valence-corrected chi connectivity index (χ0v) is 63.2. The van der Waals surface area contributed by atoms with Gasteiger partial charge in [-0.1, -0.05) is 163 Å². The summed E-state index contributed by atoms with van der Waals surface area (Å²) in [6.45, 7) is 21.2. The number of furan rings is 1. The summed E-state index contributed by atoms with van der Waals surface area (Å²) in [5, 5.41) is 14.4. The minimum atomic E-state index is -0.336. The lowest BCUT2D eigenvalue weighted by molar-refractivity contribution is -0.132. The standard InChI is InChI=1S/C29H32Cl2N2O.C29H31Cl2NO2.C27H28Cl2N2O/c1-5-29-13-12-23(22-11-8-20(14-24(22)31)25-16(2)15-32-17(25)3)26(19-6-9-21(30)10-7-19)27(29)18(4)33-28(29)34;1-5-29-13-12-23(22-11-8-20(14-24(22)31)25-16(2)15-34-18(25)4)26(19-6-9-21(30)10-7-19)27(29)17(3)32-28(29)33;1-3-27-13-12-21(20-11-8-18(15-22(20)29)23-5-4-14-30-23)24(17-6-9-19(28)10-7-17)25(27)16(2)31-26(27)32/h6-11,14-15,18,23,26-27,32H,5,12-13H2,1-4H3,(H,33,34);6-11,14-15,17,23,26-27H,5,12-13H2,1-4H3,(H,32,33);4-11,14-16,21,24-25,30H,3,12-13H2,1-2H3,(H,31,32)/t18-,23+,26+,27+,29-;17-,23+,26+,27+,29-;16-,21+,24+,25+,27-/m111/s1. The molecule has 100 heavy (non-hydrogen) atoms. The van der Waals surface area contributed by atoms with Gasteiger partial charge in [-0.15, -0.1) is 0 Å². The third kappa shape index (κ3) is 12.7. The van der Waals surface area contributed by atoms with Gasteiger partial charge in [0.2, 0.25) is 17.7 Å². The van der Waals surface area contributed by atoms with E-state index < -0.39 is 0 Å². The van der Waals surface area contributed by atoms with E-state index in [4.69, 9.17) is 74.0 Å². The van der Waals surface area contributed by atoms with Crippen molar-refractivity contribution in [3.63, 3.8) is 0 Å². The number of aromatic amines is 2. The molecular formula is C85H91Cl6N5O4. The van der Waals surface area contributed by atoms with E-state index in [9.17, 15) is 14.4 Å². The number of hydrogen-bond donors (Lipinski definition) is 5. The fourth-order valence-electron chi connectivity index (χ4n) is 20.3. The number of rotatable bonds is 12. The van der Waals surface area contributed by atoms with Gasteiger partial charge in [0.1, 0.15) is 5.76 Å². The molecule has 6 heterocycles. The molecule has 6 aliphatic rings. The smallest absolute Gasteiger partial charge is 0.226 e. The van der Waals surface area contributed by atoms with Crippen LogP contribution in [0.3, 0.4) is 0 Å². The van der Waals surface area contributed by atoms with Crippen LogP contribution in [0.15, 0.2) is 163 Å². The van der Waals surface area contributed by atoms with E-state index >= 15 is 0 Å². The molecule has 15 rings (SSSR count). The van der Waals surface area contributed by atoms with Crippen molar-refractivity contribution in [3.8, 4) is 33.5 Å². The van der Waals surface area contributed by atoms with Crippen LogP contribution in [0.5, 0.6) is 0 Å². The van der Waals surface area contributed by atoms with E-state index in [2.05, 4.69) is 185 Å². The number of aromatic nitrogens is 2. The van der Waals surface area contributed by atoms with Crippen LogP contribution in [0.2, 0.25) is 30.1 Å². The van der Waals surface area contributed by atoms with Crippen molar-refractivity contribution in [1.29, 1.82) is 0 Å². The number of halogens is 6. The van der Waals surface area contributed by atoms with Gasteiger partial charge in [0.15, 0.2) is 0 Å². The molecule has 3 aromatic heterocycles. The Balaban J connectivity index is 0.000000134. The first-order valence-corrected chi connectivity index (χ1v) is 38.2. The molecule has 522 valence electrons. The molecule has 0 unspecified atom stereocenters. The summed E-state index contributed by atoms with van der Waals surface area (Å²) < 4.78 is 5.62. The Morgan fingerprint density at radius 3 is 1.11 bits per heavy atom. The van der Waals surface area contributed by atoms with E-state index in [0.29, 0.717) is 0 Å². The Morgan fingerprint density at radius 2 is 0.800 bits per heavy atom. The summed E-state index contributed by atoms with van der Waals surface area (Å²) in [6, 6.07) is 48.2. The molecular weight excluding hydrogens is 1370 g/mol. The summed E-state index contributed by atoms with van der Waals surface area (Å²) in [6.07, 6.45) is 13.7. The van der Waals surface area contributed by atoms with E-state index in [-0.39, 0.29) is 105 Å². The van der Waals surface area contributed by atoms with Gasteiger partial charge in [-0.05, 0) is 270 Å². The van der Waals surface area contributed by atoms with Crippen LogP contribution in [0.4, 0.5) is 0 Å². The predicted molar refractivity (Wildman–Crippen MR) is 411 cm³/mol. The second-order valence-corrected chi connectivity index (χ2v) is 32.2. The van der Waals surface area contributed by atoms with Crippen molar-refractivity contribution < 1.29 is 18.8 Å². The number of amides is 3. The van der Waals surface area contributed by atoms with Crippen LogP contribution in [0.25, 0.3) is 33.5 Å². The summed E-state index contributed by atoms with van der Waals surface area (Å²) in [5.74, 6) is 3.35. The fourth-order valence-corrected chi connectivity index (χ4v) is 21.6. The van der Waals surface area contributed by atoms with Gasteiger partial charge < -0.3 is 30.3 Å². The molecule has 3 aliphatic carbocycles. The first-order valence-electron chi connectivity index (χ1n) is 35.9. The highest BCUT2D eigenvalue weighted by Gasteiger charge is 2.62. The van der Waals surface area contributed by atoms with Gasteiger partial charge >= 0.3 is 0 Å². The molecule has 9 aromatic rings. The summed E-state index contributed by atoms with van der Waals surface area (Å²) in [7, 11) is 0. The Hall–Kier alpha value is -6.69. The zero-order chi connectivity index (χ0) is 70.9. The maximum atomic E-state index is 13.2. The maximum Gasteiger partial charge on any atom is 0.226 e. The van der Waals surface area contributed by atoms with Crippen LogP contribution in [0, 0.1) is 61.7 Å². The van der Waals surface area contributed by atoms with Crippen molar-refractivity contribution in [2.24, 2.45) is 34.0 Å². The van der Waals surface area contributed by atoms with Gasteiger partial charge in [-0.2, -0.15) is 0 Å². The van der Waals surface area contributed by atoms with Gasteiger partial charge in [0.25, 0.3) is 0 Å². The highest BCUT2D eigenvalue weighted by Crippen LogP contribution is 2.64. The fraction of sp³-hybridized carbons (Fsp3) is 0.400. The van der Waals surface area contributed by atoms with Gasteiger partial charge in [-0.25, -0.2) is 0 Å². The van der Waals surface area contributed by atoms with E-state index in [1.54, 1.807) is 6.26 Å². The molecule has 0 radical (unpaired) electrons. The third-order valence-corrected chi connectivity index (χ3v) is 26.6. The number of nitrogens with one attached hydrogen (secondary N) is 5. The Kier molecular flexibility index (Phi) is 20.7. The summed E-state index contributed by atoms with van der Waals surface area (Å²) in [4.78, 5) is 46.1. The quantitative estimate of drug-likeness (QED) is 0.0833. The van der Waals surface area contributed by atoms with Crippen molar-refractivity contribution in [3.05, 3.63) is 244 Å². The minimum absolute atomic E-state index is 0.102. The van der Waals surface area contributed by atoms with Crippen molar-refractivity contribution in [2.45, 2.75) is 181 Å². The van der Waals surface area contributed by atoms with E-state index in [0.717, 1.165) is 144 Å². The molecule has 0 bridgehead atoms. The molecule has 5 N–H and O–H groups in total. The lowest BCUT2D eigenvalue weighted by atomic mass is 9.54. The number of aryl methyl sites for hydroxylation is 4. The summed E-state index contributed by atoms with van der Waals surface area (Å²) in [5.41, 5.74) is 16.3. The van der Waals surface area contributed by atoms with E-state index in [1.807, 2.05) is 61.8 Å². The number of carbonyl (C=O) groups is 3. The molecule has 6 aromatic carbocycles. The topological polar surface area (TPSA) is 132 Å². The maximum absolute atomic E-state index is 13.2. The number of carbonyl (C=O) groups excluding carboxylic acids is 3. The van der Waals surface area contributed by atoms with Crippen LogP contribution >= 0.6 is 69.6 Å². The molecule has 15 atom stereocenters. The normalized spacial score (nSPS) is 28.9. The molecule has 3 aliphatic heterocycles. The molecule has 3 amide bonds. The van der Waals surface area contributed by atoms with Crippen LogP contribution in [-0.4, -0.2) is 45.8 Å². The van der Waals surface area contributed by atoms with Crippen molar-refractivity contribution in [1.82, 2.24) is 25.9 Å². The molecule has 3 saturated heterocycles. The number of H-pyrrole nitrogens is 2. The van der Waals surface area contributed by atoms with Crippen LogP contribution in [-0.2, 0) is 14.4 Å². The molecule has 6 fully saturated rings. The molecule has 3 saturated carbocycles. The lowest BCUT2D eigenvalue weighted by Crippen LogP contribution is -2.43. The minimum Gasteiger partial charge on any atom is -0.469 e. The molecule has 0 spiro atoms. The number of hydrogen-bond acceptors (Lipinski definition) is 4. The van der Waals surface area contributed by atoms with Crippen molar-refractivity contribution in [2.75, 3.05) is 0 Å². The largest absolute Gasteiger partial charge is 0.469 e. The average molecular weight is 1460 g/mol. The van der Waals surface area contributed by atoms with Gasteiger partial charge in [0.05, 0.1) is 22.5 Å². The molecule has 9 nitrogen and oxygen atoms in total. The monoisotopic (exact) mass is 1460 g/mol. The predicted octanol–water partition coefficient (Wildman–Crippen LogP) is 23.0. The van der Waals surface area contributed by atoms with Crippen molar-refractivity contribution >= 4 is 87.3 Å². The first kappa shape index (κ1) is 71.7. The van der Waals surface area contributed by atoms with E-state index in [1.165, 1.54) is 33.4 Å². The number of fused-ring (bicyclic) bond motifs is 3. The third-order valence-electron chi connectivity index (χ3n) is 24.9. The van der Waals surface area contributed by atoms with Crippen LogP contribution in [0.1, 0.15) is 191 Å². The van der Waals surface area contributed by atoms with Gasteiger partial charge in [-0.3, -0.25) is 14.4 Å². The number of benzene rings is 6. The highest BCUT2D eigenvalue weighted by molar-refractivity contribution is 6.33. The first-order chi connectivity index (χ1) is 48.0. The van der Waals surface area contributed by atoms with Gasteiger partial charge in [0, 0.05) is 101 Å². The summed E-state index contributed by atoms with van der Waals surface area (Å²) >= 11 is 39.7. The zero-order valence-electron chi connectivity index (χ0n) is 58.7.